The number of furan rings is 1. The molecule has 2 aromatic heterocycles. The van der Waals surface area contributed by atoms with Crippen LogP contribution in [0.1, 0.15) is 19.6 Å². The summed E-state index contributed by atoms with van der Waals surface area (Å²) in [5.74, 6) is 1.47. The number of nitrogens with zero attached hydrogens (tertiary/aromatic N) is 3. The minimum Gasteiger partial charge on any atom is -0.469 e. The molecule has 0 bridgehead atoms. The van der Waals surface area contributed by atoms with Gasteiger partial charge in [-0.15, -0.1) is 10.2 Å². The van der Waals surface area contributed by atoms with E-state index in [9.17, 15) is 4.79 Å². The molecule has 2 rings (SSSR count). The quantitative estimate of drug-likeness (QED) is 0.623. The Kier molecular flexibility index (Phi) is 4.49. The van der Waals surface area contributed by atoms with Crippen LogP contribution in [0.15, 0.2) is 21.9 Å². The van der Waals surface area contributed by atoms with Gasteiger partial charge in [0.25, 0.3) is 0 Å². The molecule has 0 spiro atoms. The molecule has 0 unspecified atom stereocenters. The van der Waals surface area contributed by atoms with Crippen molar-refractivity contribution in [2.45, 2.75) is 32.0 Å². The maximum atomic E-state index is 11.5. The largest absolute Gasteiger partial charge is 0.469 e. The highest BCUT2D eigenvalue weighted by molar-refractivity contribution is 7.99. The minimum absolute atomic E-state index is 0.105. The van der Waals surface area contributed by atoms with Gasteiger partial charge in [-0.05, 0) is 26.8 Å². The van der Waals surface area contributed by atoms with E-state index in [0.29, 0.717) is 5.16 Å². The van der Waals surface area contributed by atoms with E-state index in [2.05, 4.69) is 10.2 Å². The zero-order valence-corrected chi connectivity index (χ0v) is 12.7. The average molecular weight is 295 g/mol. The summed E-state index contributed by atoms with van der Waals surface area (Å²) in [4.78, 5) is 11.5. The zero-order chi connectivity index (χ0) is 14.7. The Balaban J connectivity index is 2.06. The van der Waals surface area contributed by atoms with Crippen molar-refractivity contribution in [1.29, 1.82) is 0 Å². The normalized spacial score (nSPS) is 11.1. The number of carbonyl (C=O) groups excluding carboxylic acids is 1. The molecule has 0 aliphatic rings. The van der Waals surface area contributed by atoms with Gasteiger partial charge in [-0.2, -0.15) is 0 Å². The Morgan fingerprint density at radius 2 is 2.25 bits per heavy atom. The molecule has 0 aliphatic heterocycles. The average Bonchev–Trinajstić information content (AvgIpc) is 2.92. The minimum atomic E-state index is -0.256. The Bertz CT molecular complexity index is 604. The molecule has 20 heavy (non-hydrogen) atoms. The SMILES string of the molecule is Cc1occc1-c1nnc(SCC(=O)OC(C)C)n1C. The summed E-state index contributed by atoms with van der Waals surface area (Å²) in [6.45, 7) is 5.52. The van der Waals surface area contributed by atoms with Crippen LogP contribution in [0.5, 0.6) is 0 Å². The van der Waals surface area contributed by atoms with Crippen molar-refractivity contribution in [2.24, 2.45) is 7.05 Å². The molecule has 2 heterocycles. The van der Waals surface area contributed by atoms with Crippen LogP contribution in [0.4, 0.5) is 0 Å². The molecule has 0 atom stereocenters. The molecule has 0 N–H and O–H groups in total. The van der Waals surface area contributed by atoms with E-state index in [4.69, 9.17) is 9.15 Å². The molecule has 0 radical (unpaired) electrons. The van der Waals surface area contributed by atoms with Crippen LogP contribution in [0.2, 0.25) is 0 Å². The summed E-state index contributed by atoms with van der Waals surface area (Å²) in [6, 6.07) is 1.85. The fourth-order valence-electron chi connectivity index (χ4n) is 1.71. The lowest BCUT2D eigenvalue weighted by atomic mass is 10.2. The molecule has 2 aromatic rings. The molecule has 108 valence electrons. The summed E-state index contributed by atoms with van der Waals surface area (Å²) in [5.41, 5.74) is 0.900. The molecule has 0 saturated carbocycles. The van der Waals surface area contributed by atoms with Crippen LogP contribution in [0.3, 0.4) is 0 Å². The number of ether oxygens (including phenoxy) is 1. The molecule has 0 amide bonds. The molecular weight excluding hydrogens is 278 g/mol. The van der Waals surface area contributed by atoms with E-state index < -0.39 is 0 Å². The van der Waals surface area contributed by atoms with Crippen molar-refractivity contribution in [2.75, 3.05) is 5.75 Å². The third kappa shape index (κ3) is 3.22. The van der Waals surface area contributed by atoms with Crippen molar-refractivity contribution >= 4 is 17.7 Å². The van der Waals surface area contributed by atoms with Gasteiger partial charge in [-0.3, -0.25) is 4.79 Å². The molecule has 0 aromatic carbocycles. The number of thioether (sulfide) groups is 1. The number of aromatic nitrogens is 3. The summed E-state index contributed by atoms with van der Waals surface area (Å²) in [5, 5.41) is 8.90. The van der Waals surface area contributed by atoms with Crippen LogP contribution < -0.4 is 0 Å². The standard InChI is InChI=1S/C13H17N3O3S/c1-8(2)19-11(17)7-20-13-15-14-12(16(13)4)10-5-6-18-9(10)3/h5-6,8H,7H2,1-4H3. The number of esters is 1. The van der Waals surface area contributed by atoms with Gasteiger partial charge in [0.05, 0.1) is 23.7 Å². The predicted molar refractivity (Wildman–Crippen MR) is 75.4 cm³/mol. The first kappa shape index (κ1) is 14.6. The lowest BCUT2D eigenvalue weighted by Gasteiger charge is -2.07. The second-order valence-corrected chi connectivity index (χ2v) is 5.53. The fourth-order valence-corrected chi connectivity index (χ4v) is 2.41. The number of aryl methyl sites for hydroxylation is 1. The van der Waals surface area contributed by atoms with Gasteiger partial charge in [0.2, 0.25) is 0 Å². The van der Waals surface area contributed by atoms with E-state index in [1.807, 2.05) is 38.5 Å². The van der Waals surface area contributed by atoms with E-state index >= 15 is 0 Å². The second kappa shape index (κ2) is 6.13. The first-order valence-electron chi connectivity index (χ1n) is 6.25. The highest BCUT2D eigenvalue weighted by Gasteiger charge is 2.16. The third-order valence-corrected chi connectivity index (χ3v) is 3.61. The first-order valence-corrected chi connectivity index (χ1v) is 7.23. The highest BCUT2D eigenvalue weighted by Crippen LogP contribution is 2.25. The van der Waals surface area contributed by atoms with Gasteiger partial charge in [0.15, 0.2) is 11.0 Å². The first-order chi connectivity index (χ1) is 9.49. The van der Waals surface area contributed by atoms with E-state index in [-0.39, 0.29) is 17.8 Å². The van der Waals surface area contributed by atoms with E-state index in [0.717, 1.165) is 17.1 Å². The van der Waals surface area contributed by atoms with Gasteiger partial charge >= 0.3 is 5.97 Å². The van der Waals surface area contributed by atoms with Crippen molar-refractivity contribution in [3.8, 4) is 11.4 Å². The van der Waals surface area contributed by atoms with Crippen molar-refractivity contribution in [1.82, 2.24) is 14.8 Å². The summed E-state index contributed by atoms with van der Waals surface area (Å²) in [6.07, 6.45) is 1.51. The van der Waals surface area contributed by atoms with E-state index in [1.165, 1.54) is 11.8 Å². The Morgan fingerprint density at radius 1 is 1.50 bits per heavy atom. The predicted octanol–water partition coefficient (Wildman–Crippen LogP) is 2.43. The summed E-state index contributed by atoms with van der Waals surface area (Å²) < 4.78 is 12.2. The molecule has 0 aliphatic carbocycles. The molecule has 7 heteroatoms. The summed E-state index contributed by atoms with van der Waals surface area (Å²) >= 11 is 1.31. The van der Waals surface area contributed by atoms with E-state index in [1.54, 1.807) is 6.26 Å². The maximum absolute atomic E-state index is 11.5. The molecule has 0 fully saturated rings. The van der Waals surface area contributed by atoms with Crippen LogP contribution in [-0.4, -0.2) is 32.6 Å². The highest BCUT2D eigenvalue weighted by atomic mass is 32.2. The van der Waals surface area contributed by atoms with Gasteiger partial charge in [-0.1, -0.05) is 11.8 Å². The number of carbonyl (C=O) groups is 1. The number of hydrogen-bond acceptors (Lipinski definition) is 6. The van der Waals surface area contributed by atoms with Gasteiger partial charge in [0, 0.05) is 7.05 Å². The van der Waals surface area contributed by atoms with Crippen LogP contribution >= 0.6 is 11.8 Å². The zero-order valence-electron chi connectivity index (χ0n) is 11.9. The van der Waals surface area contributed by atoms with Crippen LogP contribution in [0, 0.1) is 6.92 Å². The lowest BCUT2D eigenvalue weighted by molar-refractivity contribution is -0.144. The van der Waals surface area contributed by atoms with Gasteiger partial charge < -0.3 is 13.7 Å². The van der Waals surface area contributed by atoms with Gasteiger partial charge in [0.1, 0.15) is 5.76 Å². The second-order valence-electron chi connectivity index (χ2n) is 4.58. The van der Waals surface area contributed by atoms with Gasteiger partial charge in [-0.25, -0.2) is 0 Å². The Hall–Kier alpha value is -1.76. The summed E-state index contributed by atoms with van der Waals surface area (Å²) in [7, 11) is 1.86. The maximum Gasteiger partial charge on any atom is 0.316 e. The van der Waals surface area contributed by atoms with Crippen molar-refractivity contribution in [3.63, 3.8) is 0 Å². The molecule has 6 nitrogen and oxygen atoms in total. The third-order valence-electron chi connectivity index (χ3n) is 2.62. The molecule has 0 saturated heterocycles. The lowest BCUT2D eigenvalue weighted by Crippen LogP contribution is -2.13. The molecular formula is C13H17N3O3S. The number of rotatable bonds is 5. The Morgan fingerprint density at radius 3 is 2.85 bits per heavy atom. The van der Waals surface area contributed by atoms with Crippen LogP contribution in [-0.2, 0) is 16.6 Å². The van der Waals surface area contributed by atoms with Crippen molar-refractivity contribution < 1.29 is 13.9 Å². The number of hydrogen-bond donors (Lipinski definition) is 0. The smallest absolute Gasteiger partial charge is 0.316 e. The topological polar surface area (TPSA) is 70.2 Å². The fraction of sp³-hybridized carbons (Fsp3) is 0.462. The Labute approximate surface area is 121 Å². The van der Waals surface area contributed by atoms with Crippen molar-refractivity contribution in [3.05, 3.63) is 18.1 Å². The van der Waals surface area contributed by atoms with Crippen LogP contribution in [0.25, 0.3) is 11.4 Å². The monoisotopic (exact) mass is 295 g/mol.